The average Bonchev–Trinajstić information content (AvgIpc) is 3.11. The van der Waals surface area contributed by atoms with Gasteiger partial charge in [-0.3, -0.25) is 4.79 Å². The molecule has 6 heteroatoms. The number of nitrogens with zero attached hydrogens (tertiary/aromatic N) is 1. The van der Waals surface area contributed by atoms with Crippen LogP contribution in [0.1, 0.15) is 13.8 Å². The average molecular weight is 368 g/mol. The van der Waals surface area contributed by atoms with Crippen LogP contribution in [0.5, 0.6) is 11.5 Å². The summed E-state index contributed by atoms with van der Waals surface area (Å²) in [5, 5.41) is 14.9. The van der Waals surface area contributed by atoms with E-state index >= 15 is 0 Å². The SMILES string of the molecule is CC(C)(CNc1nc(-c2ccc(Oc3ccccc3)cc2)cs1)C(=O)O. The lowest BCUT2D eigenvalue weighted by molar-refractivity contribution is -0.146. The van der Waals surface area contributed by atoms with Crippen molar-refractivity contribution in [3.63, 3.8) is 0 Å². The number of thiazole rings is 1. The van der Waals surface area contributed by atoms with Crippen molar-refractivity contribution in [2.24, 2.45) is 5.41 Å². The lowest BCUT2D eigenvalue weighted by Gasteiger charge is -2.18. The second-order valence-corrected chi connectivity index (χ2v) is 7.38. The fourth-order valence-corrected chi connectivity index (χ4v) is 2.90. The number of carbonyl (C=O) groups is 1. The van der Waals surface area contributed by atoms with E-state index in [0.29, 0.717) is 11.7 Å². The molecule has 0 unspecified atom stereocenters. The van der Waals surface area contributed by atoms with Crippen molar-refractivity contribution >= 4 is 22.4 Å². The zero-order valence-electron chi connectivity index (χ0n) is 14.6. The Balaban J connectivity index is 1.65. The van der Waals surface area contributed by atoms with E-state index in [1.54, 1.807) is 13.8 Å². The van der Waals surface area contributed by atoms with Crippen LogP contribution in [-0.2, 0) is 4.79 Å². The Hall–Kier alpha value is -2.86. The zero-order chi connectivity index (χ0) is 18.6. The maximum atomic E-state index is 11.2. The zero-order valence-corrected chi connectivity index (χ0v) is 15.4. The van der Waals surface area contributed by atoms with Gasteiger partial charge in [-0.25, -0.2) is 4.98 Å². The van der Waals surface area contributed by atoms with Crippen molar-refractivity contribution < 1.29 is 14.6 Å². The Labute approximate surface area is 156 Å². The normalized spacial score (nSPS) is 11.2. The Kier molecular flexibility index (Phi) is 5.23. The number of para-hydroxylation sites is 1. The number of anilines is 1. The first-order valence-electron chi connectivity index (χ1n) is 8.20. The summed E-state index contributed by atoms with van der Waals surface area (Å²) in [4.78, 5) is 15.7. The quantitative estimate of drug-likeness (QED) is 0.605. The summed E-state index contributed by atoms with van der Waals surface area (Å²) >= 11 is 1.46. The van der Waals surface area contributed by atoms with Crippen LogP contribution in [0.3, 0.4) is 0 Å². The monoisotopic (exact) mass is 368 g/mol. The summed E-state index contributed by atoms with van der Waals surface area (Å²) in [7, 11) is 0. The second kappa shape index (κ2) is 7.58. The predicted molar refractivity (Wildman–Crippen MR) is 104 cm³/mol. The molecule has 0 radical (unpaired) electrons. The highest BCUT2D eigenvalue weighted by atomic mass is 32.1. The third kappa shape index (κ3) is 4.40. The summed E-state index contributed by atoms with van der Waals surface area (Å²) in [6.07, 6.45) is 0. The maximum Gasteiger partial charge on any atom is 0.310 e. The summed E-state index contributed by atoms with van der Waals surface area (Å²) < 4.78 is 5.79. The smallest absolute Gasteiger partial charge is 0.310 e. The fraction of sp³-hybridized carbons (Fsp3) is 0.200. The molecular weight excluding hydrogens is 348 g/mol. The Morgan fingerprint density at radius 2 is 1.77 bits per heavy atom. The number of carboxylic acid groups (broad SMARTS) is 1. The van der Waals surface area contributed by atoms with Gasteiger partial charge in [0.15, 0.2) is 5.13 Å². The largest absolute Gasteiger partial charge is 0.481 e. The van der Waals surface area contributed by atoms with Crippen molar-refractivity contribution in [1.29, 1.82) is 0 Å². The highest BCUT2D eigenvalue weighted by molar-refractivity contribution is 7.14. The molecule has 5 nitrogen and oxygen atoms in total. The summed E-state index contributed by atoms with van der Waals surface area (Å²) in [6.45, 7) is 3.68. The molecule has 0 saturated carbocycles. The molecule has 0 bridgehead atoms. The third-order valence-electron chi connectivity index (χ3n) is 3.89. The molecule has 0 aliphatic heterocycles. The summed E-state index contributed by atoms with van der Waals surface area (Å²) in [5.74, 6) is 0.717. The van der Waals surface area contributed by atoms with Crippen LogP contribution in [0.2, 0.25) is 0 Å². The second-order valence-electron chi connectivity index (χ2n) is 6.52. The number of hydrogen-bond acceptors (Lipinski definition) is 5. The lowest BCUT2D eigenvalue weighted by atomic mass is 9.94. The van der Waals surface area contributed by atoms with Crippen molar-refractivity contribution in [2.45, 2.75) is 13.8 Å². The number of ether oxygens (including phenoxy) is 1. The minimum atomic E-state index is -0.845. The van der Waals surface area contributed by atoms with E-state index in [9.17, 15) is 4.79 Å². The number of hydrogen-bond donors (Lipinski definition) is 2. The molecule has 1 heterocycles. The van der Waals surface area contributed by atoms with E-state index in [0.717, 1.165) is 22.8 Å². The van der Waals surface area contributed by atoms with Crippen LogP contribution in [0.4, 0.5) is 5.13 Å². The van der Waals surface area contributed by atoms with Gasteiger partial charge in [-0.1, -0.05) is 18.2 Å². The molecule has 3 aromatic rings. The van der Waals surface area contributed by atoms with E-state index in [1.165, 1.54) is 11.3 Å². The van der Waals surface area contributed by atoms with Crippen LogP contribution in [0.25, 0.3) is 11.3 Å². The number of benzene rings is 2. The minimum absolute atomic E-state index is 0.319. The van der Waals surface area contributed by atoms with Gasteiger partial charge in [0.1, 0.15) is 11.5 Å². The van der Waals surface area contributed by atoms with Crippen LogP contribution >= 0.6 is 11.3 Å². The molecule has 0 atom stereocenters. The standard InChI is InChI=1S/C20H20N2O3S/c1-20(2,18(23)24)13-21-19-22-17(12-26-19)14-8-10-16(11-9-14)25-15-6-4-3-5-7-15/h3-12H,13H2,1-2H3,(H,21,22)(H,23,24). The molecule has 26 heavy (non-hydrogen) atoms. The molecule has 134 valence electrons. The molecule has 1 aromatic heterocycles. The number of carboxylic acids is 1. The first-order chi connectivity index (χ1) is 12.4. The Morgan fingerprint density at radius 3 is 2.42 bits per heavy atom. The number of aliphatic carboxylic acids is 1. The Bertz CT molecular complexity index is 874. The van der Waals surface area contributed by atoms with Crippen LogP contribution in [-0.4, -0.2) is 22.6 Å². The molecule has 0 amide bonds. The Morgan fingerprint density at radius 1 is 1.12 bits per heavy atom. The maximum absolute atomic E-state index is 11.2. The van der Waals surface area contributed by atoms with E-state index in [-0.39, 0.29) is 0 Å². The molecular formula is C20H20N2O3S. The molecule has 0 aliphatic rings. The topological polar surface area (TPSA) is 71.5 Å². The first-order valence-corrected chi connectivity index (χ1v) is 9.08. The first kappa shape index (κ1) is 17.9. The van der Waals surface area contributed by atoms with Gasteiger partial charge < -0.3 is 15.2 Å². The van der Waals surface area contributed by atoms with Crippen LogP contribution < -0.4 is 10.1 Å². The predicted octanol–water partition coefficient (Wildman–Crippen LogP) is 5.13. The van der Waals surface area contributed by atoms with Crippen molar-refractivity contribution in [1.82, 2.24) is 4.98 Å². The molecule has 0 fully saturated rings. The van der Waals surface area contributed by atoms with Crippen molar-refractivity contribution in [3.8, 4) is 22.8 Å². The van der Waals surface area contributed by atoms with Gasteiger partial charge in [-0.15, -0.1) is 11.3 Å². The van der Waals surface area contributed by atoms with Gasteiger partial charge in [0.2, 0.25) is 0 Å². The van der Waals surface area contributed by atoms with Gasteiger partial charge >= 0.3 is 5.97 Å². The van der Waals surface area contributed by atoms with Gasteiger partial charge in [0.05, 0.1) is 11.1 Å². The molecule has 3 rings (SSSR count). The van der Waals surface area contributed by atoms with Crippen LogP contribution in [0.15, 0.2) is 60.0 Å². The van der Waals surface area contributed by atoms with Gasteiger partial charge in [-0.2, -0.15) is 0 Å². The third-order valence-corrected chi connectivity index (χ3v) is 4.69. The fourth-order valence-electron chi connectivity index (χ4n) is 2.18. The van der Waals surface area contributed by atoms with Crippen molar-refractivity contribution in [2.75, 3.05) is 11.9 Å². The summed E-state index contributed by atoms with van der Waals surface area (Å²) in [6, 6.07) is 17.3. The van der Waals surface area contributed by atoms with Crippen molar-refractivity contribution in [3.05, 3.63) is 60.0 Å². The molecule has 2 aromatic carbocycles. The minimum Gasteiger partial charge on any atom is -0.481 e. The summed E-state index contributed by atoms with van der Waals surface area (Å²) in [5.41, 5.74) is 0.978. The number of nitrogens with one attached hydrogen (secondary N) is 1. The van der Waals surface area contributed by atoms with E-state index in [1.807, 2.05) is 60.0 Å². The van der Waals surface area contributed by atoms with Crippen LogP contribution in [0, 0.1) is 5.41 Å². The number of aromatic nitrogens is 1. The highest BCUT2D eigenvalue weighted by Crippen LogP contribution is 2.28. The molecule has 0 saturated heterocycles. The highest BCUT2D eigenvalue weighted by Gasteiger charge is 2.27. The molecule has 0 aliphatic carbocycles. The molecule has 2 N–H and O–H groups in total. The van der Waals surface area contributed by atoms with Gasteiger partial charge in [0, 0.05) is 17.5 Å². The van der Waals surface area contributed by atoms with E-state index in [2.05, 4.69) is 10.3 Å². The number of rotatable bonds is 7. The lowest BCUT2D eigenvalue weighted by Crippen LogP contribution is -2.31. The van der Waals surface area contributed by atoms with E-state index in [4.69, 9.17) is 9.84 Å². The van der Waals surface area contributed by atoms with E-state index < -0.39 is 11.4 Å². The molecule has 0 spiro atoms. The van der Waals surface area contributed by atoms with Gasteiger partial charge in [0.25, 0.3) is 0 Å². The van der Waals surface area contributed by atoms with Gasteiger partial charge in [-0.05, 0) is 50.2 Å².